The quantitative estimate of drug-likeness (QED) is 0.423. The van der Waals surface area contributed by atoms with E-state index < -0.39 is 16.7 Å². The van der Waals surface area contributed by atoms with Crippen LogP contribution in [0, 0.1) is 17.0 Å². The Labute approximate surface area is 153 Å². The number of benzene rings is 1. The number of nitro groups is 1. The summed E-state index contributed by atoms with van der Waals surface area (Å²) in [6.07, 6.45) is 2.43. The van der Waals surface area contributed by atoms with Crippen molar-refractivity contribution < 1.29 is 14.1 Å². The van der Waals surface area contributed by atoms with E-state index in [9.17, 15) is 19.7 Å². The zero-order chi connectivity index (χ0) is 19.6. The molecule has 1 amide bonds. The van der Waals surface area contributed by atoms with Gasteiger partial charge in [0.15, 0.2) is 0 Å². The number of amides is 1. The largest absolute Gasteiger partial charge is 0.433 e. The number of nitrogens with zero attached hydrogens (tertiary/aromatic N) is 3. The van der Waals surface area contributed by atoms with E-state index in [-0.39, 0.29) is 17.0 Å². The number of aromatic nitrogens is 2. The van der Waals surface area contributed by atoms with Crippen LogP contribution in [-0.2, 0) is 11.8 Å². The van der Waals surface area contributed by atoms with Crippen LogP contribution in [-0.4, -0.2) is 20.2 Å². The molecule has 0 spiro atoms. The molecule has 27 heavy (non-hydrogen) atoms. The first-order chi connectivity index (χ1) is 12.9. The van der Waals surface area contributed by atoms with Crippen LogP contribution in [0.3, 0.4) is 0 Å². The molecule has 9 heteroatoms. The summed E-state index contributed by atoms with van der Waals surface area (Å²) in [4.78, 5) is 34.8. The summed E-state index contributed by atoms with van der Waals surface area (Å²) in [6, 6.07) is 11.6. The second-order valence-corrected chi connectivity index (χ2v) is 5.69. The van der Waals surface area contributed by atoms with Crippen molar-refractivity contribution in [1.82, 2.24) is 9.36 Å². The molecule has 0 fully saturated rings. The number of anilines is 1. The Morgan fingerprint density at radius 1 is 1.22 bits per heavy atom. The van der Waals surface area contributed by atoms with Crippen LogP contribution in [0.4, 0.5) is 11.6 Å². The molecule has 138 valence electrons. The number of carbonyl (C=O) groups excluding carboxylic acids is 1. The first-order valence-electron chi connectivity index (χ1n) is 7.96. The molecule has 0 aliphatic carbocycles. The number of nitrogens with one attached hydrogen (secondary N) is 1. The number of para-hydroxylation sites is 1. The average Bonchev–Trinajstić information content (AvgIpc) is 3.21. The standard InChI is InChI=1S/C18H16N4O5/c1-12-17(18(24)21(20(12)2)13-6-4-3-5-7-13)19-15(23)10-8-14-9-11-16(27-14)22(25)26/h3-11H,1-2H3,(H,19,23)/b10-8+. The monoisotopic (exact) mass is 368 g/mol. The zero-order valence-corrected chi connectivity index (χ0v) is 14.6. The highest BCUT2D eigenvalue weighted by Crippen LogP contribution is 2.17. The van der Waals surface area contributed by atoms with Crippen molar-refractivity contribution in [2.75, 3.05) is 5.32 Å². The second kappa shape index (κ2) is 7.16. The normalized spacial score (nSPS) is 11.0. The molecule has 3 aromatic rings. The summed E-state index contributed by atoms with van der Waals surface area (Å²) in [7, 11) is 1.72. The van der Waals surface area contributed by atoms with Crippen LogP contribution in [0.1, 0.15) is 11.5 Å². The molecular formula is C18H16N4O5. The van der Waals surface area contributed by atoms with Crippen LogP contribution in [0.2, 0.25) is 0 Å². The number of hydrogen-bond donors (Lipinski definition) is 1. The van der Waals surface area contributed by atoms with E-state index >= 15 is 0 Å². The van der Waals surface area contributed by atoms with Gasteiger partial charge in [-0.2, -0.15) is 0 Å². The number of rotatable bonds is 5. The molecule has 0 bridgehead atoms. The van der Waals surface area contributed by atoms with Crippen molar-refractivity contribution in [2.24, 2.45) is 7.05 Å². The summed E-state index contributed by atoms with van der Waals surface area (Å²) < 4.78 is 8.03. The highest BCUT2D eigenvalue weighted by Gasteiger charge is 2.17. The lowest BCUT2D eigenvalue weighted by molar-refractivity contribution is -0.402. The van der Waals surface area contributed by atoms with Gasteiger partial charge in [-0.05, 0) is 31.2 Å². The minimum atomic E-state index is -0.670. The van der Waals surface area contributed by atoms with Crippen molar-refractivity contribution in [3.63, 3.8) is 0 Å². The van der Waals surface area contributed by atoms with Gasteiger partial charge < -0.3 is 9.73 Å². The predicted octanol–water partition coefficient (Wildman–Crippen LogP) is 2.64. The van der Waals surface area contributed by atoms with Gasteiger partial charge in [-0.15, -0.1) is 0 Å². The lowest BCUT2D eigenvalue weighted by Crippen LogP contribution is -2.22. The van der Waals surface area contributed by atoms with Crippen LogP contribution >= 0.6 is 0 Å². The Hall–Kier alpha value is -3.88. The molecule has 0 aliphatic heterocycles. The maximum atomic E-state index is 12.7. The summed E-state index contributed by atoms with van der Waals surface area (Å²) in [5, 5.41) is 13.1. The van der Waals surface area contributed by atoms with Crippen LogP contribution < -0.4 is 10.9 Å². The third-order valence-corrected chi connectivity index (χ3v) is 3.99. The van der Waals surface area contributed by atoms with Crippen LogP contribution in [0.5, 0.6) is 0 Å². The highest BCUT2D eigenvalue weighted by molar-refractivity contribution is 6.02. The van der Waals surface area contributed by atoms with Gasteiger partial charge in [0.25, 0.3) is 5.56 Å². The van der Waals surface area contributed by atoms with Crippen LogP contribution in [0.15, 0.2) is 57.8 Å². The van der Waals surface area contributed by atoms with Gasteiger partial charge in [-0.25, -0.2) is 4.68 Å². The smallest absolute Gasteiger partial charge is 0.401 e. The summed E-state index contributed by atoms with van der Waals surface area (Å²) in [6.45, 7) is 1.72. The third-order valence-electron chi connectivity index (χ3n) is 3.99. The molecule has 2 aromatic heterocycles. The van der Waals surface area contributed by atoms with E-state index in [0.717, 1.165) is 6.08 Å². The molecule has 3 rings (SSSR count). The van der Waals surface area contributed by atoms with Crippen molar-refractivity contribution in [3.05, 3.63) is 80.5 Å². The first-order valence-corrected chi connectivity index (χ1v) is 7.96. The van der Waals surface area contributed by atoms with E-state index in [4.69, 9.17) is 4.42 Å². The van der Waals surface area contributed by atoms with Crippen LogP contribution in [0.25, 0.3) is 11.8 Å². The van der Waals surface area contributed by atoms with Gasteiger partial charge in [0.1, 0.15) is 16.4 Å². The minimum absolute atomic E-state index is 0.154. The maximum Gasteiger partial charge on any atom is 0.433 e. The lowest BCUT2D eigenvalue weighted by Gasteiger charge is -2.07. The molecular weight excluding hydrogens is 352 g/mol. The lowest BCUT2D eigenvalue weighted by atomic mass is 10.3. The molecule has 2 heterocycles. The van der Waals surface area contributed by atoms with Crippen molar-refractivity contribution in [3.8, 4) is 5.69 Å². The summed E-state index contributed by atoms with van der Waals surface area (Å²) in [5.41, 5.74) is 1.05. The minimum Gasteiger partial charge on any atom is -0.401 e. The maximum absolute atomic E-state index is 12.7. The third kappa shape index (κ3) is 3.56. The highest BCUT2D eigenvalue weighted by atomic mass is 16.6. The number of furan rings is 1. The average molecular weight is 368 g/mol. The van der Waals surface area contributed by atoms with Gasteiger partial charge in [0.2, 0.25) is 5.91 Å². The van der Waals surface area contributed by atoms with E-state index in [1.54, 1.807) is 30.8 Å². The SMILES string of the molecule is Cc1c(NC(=O)/C=C/c2ccc([N+](=O)[O-])o2)c(=O)n(-c2ccccc2)n1C. The molecule has 0 atom stereocenters. The molecule has 0 saturated carbocycles. The van der Waals surface area contributed by atoms with Gasteiger partial charge in [0.05, 0.1) is 17.4 Å². The Balaban J connectivity index is 1.83. The summed E-state index contributed by atoms with van der Waals surface area (Å²) in [5.74, 6) is -0.817. The van der Waals surface area contributed by atoms with Gasteiger partial charge in [-0.1, -0.05) is 18.2 Å². The fourth-order valence-electron chi connectivity index (χ4n) is 2.56. The Morgan fingerprint density at radius 3 is 2.56 bits per heavy atom. The van der Waals surface area contributed by atoms with E-state index in [2.05, 4.69) is 5.32 Å². The fraction of sp³-hybridized carbons (Fsp3) is 0.111. The van der Waals surface area contributed by atoms with E-state index in [0.29, 0.717) is 11.4 Å². The number of carbonyl (C=O) groups is 1. The fourth-order valence-corrected chi connectivity index (χ4v) is 2.56. The van der Waals surface area contributed by atoms with Gasteiger partial charge in [-0.3, -0.25) is 24.4 Å². The second-order valence-electron chi connectivity index (χ2n) is 5.69. The first kappa shape index (κ1) is 17.9. The predicted molar refractivity (Wildman–Crippen MR) is 98.8 cm³/mol. The molecule has 0 unspecified atom stereocenters. The van der Waals surface area contributed by atoms with Crippen molar-refractivity contribution in [2.45, 2.75) is 6.92 Å². The van der Waals surface area contributed by atoms with Gasteiger partial charge in [0, 0.05) is 13.1 Å². The van der Waals surface area contributed by atoms with Crippen molar-refractivity contribution >= 4 is 23.6 Å². The van der Waals surface area contributed by atoms with E-state index in [1.807, 2.05) is 18.2 Å². The molecule has 1 aromatic carbocycles. The molecule has 0 saturated heterocycles. The molecule has 9 nitrogen and oxygen atoms in total. The number of hydrogen-bond acceptors (Lipinski definition) is 5. The molecule has 0 radical (unpaired) electrons. The molecule has 0 aliphatic rings. The Morgan fingerprint density at radius 2 is 1.93 bits per heavy atom. The summed E-state index contributed by atoms with van der Waals surface area (Å²) >= 11 is 0. The Bertz CT molecular complexity index is 1090. The van der Waals surface area contributed by atoms with Crippen molar-refractivity contribution in [1.29, 1.82) is 0 Å². The Kier molecular flexibility index (Phi) is 4.75. The molecule has 1 N–H and O–H groups in total. The van der Waals surface area contributed by atoms with Gasteiger partial charge >= 0.3 is 5.88 Å². The van der Waals surface area contributed by atoms with E-state index in [1.165, 1.54) is 22.9 Å². The zero-order valence-electron chi connectivity index (χ0n) is 14.6. The topological polar surface area (TPSA) is 112 Å².